The lowest BCUT2D eigenvalue weighted by atomic mass is 9.68. The molecule has 0 spiro atoms. The van der Waals surface area contributed by atoms with Gasteiger partial charge in [0, 0.05) is 0 Å². The third kappa shape index (κ3) is 6.13. The summed E-state index contributed by atoms with van der Waals surface area (Å²) in [6.07, 6.45) is 0. The molecule has 0 saturated carbocycles. The van der Waals surface area contributed by atoms with E-state index in [1.54, 1.807) is 0 Å². The van der Waals surface area contributed by atoms with Crippen LogP contribution in [0.15, 0.2) is 152 Å². The lowest BCUT2D eigenvalue weighted by Crippen LogP contribution is -2.43. The van der Waals surface area contributed by atoms with Gasteiger partial charge in [-0.3, -0.25) is 0 Å². The van der Waals surface area contributed by atoms with Crippen molar-refractivity contribution in [2.45, 2.75) is 52.0 Å². The van der Waals surface area contributed by atoms with Crippen LogP contribution in [0.4, 0.5) is 0 Å². The summed E-state index contributed by atoms with van der Waals surface area (Å²) in [6.45, 7) is 13.5. The molecule has 2 nitrogen and oxygen atoms in total. The standard InChI is InChI=1S/C42H43BO2Si/c1-41(2)42(3,4)45-43(44-41)39(34-26-16-9-17-27-34)37(32-22-12-7-13-23-32)38(33-24-14-8-15-25-33)40(35-28-18-10-19-29-35)46(5,6)36-30-20-11-21-31-36/h7-31H,1-6H3/b39-37-,40-38-. The van der Waals surface area contributed by atoms with Crippen LogP contribution in [0.3, 0.4) is 0 Å². The van der Waals surface area contributed by atoms with Gasteiger partial charge in [0.2, 0.25) is 0 Å². The van der Waals surface area contributed by atoms with Crippen LogP contribution in [0.25, 0.3) is 21.8 Å². The first-order valence-electron chi connectivity index (χ1n) is 16.2. The van der Waals surface area contributed by atoms with Gasteiger partial charge < -0.3 is 9.31 Å². The molecule has 0 radical (unpaired) electrons. The van der Waals surface area contributed by atoms with Crippen LogP contribution in [0.1, 0.15) is 49.9 Å². The highest BCUT2D eigenvalue weighted by molar-refractivity contribution is 7.06. The Bertz CT molecular complexity index is 1810. The maximum Gasteiger partial charge on any atom is 0.496 e. The molecule has 4 heteroatoms. The Balaban J connectivity index is 1.84. The molecule has 46 heavy (non-hydrogen) atoms. The molecule has 0 aliphatic carbocycles. The summed E-state index contributed by atoms with van der Waals surface area (Å²) in [5.41, 5.74) is 6.99. The molecule has 0 unspecified atom stereocenters. The number of allylic oxidation sites excluding steroid dienone is 2. The fourth-order valence-electron chi connectivity index (χ4n) is 6.46. The number of benzene rings is 5. The second kappa shape index (κ2) is 12.9. The first-order chi connectivity index (χ1) is 22.1. The molecule has 1 saturated heterocycles. The lowest BCUT2D eigenvalue weighted by Gasteiger charge is -2.33. The van der Waals surface area contributed by atoms with E-state index in [0.717, 1.165) is 22.2 Å². The van der Waals surface area contributed by atoms with E-state index in [0.29, 0.717) is 0 Å². The second-order valence-electron chi connectivity index (χ2n) is 13.6. The van der Waals surface area contributed by atoms with Gasteiger partial charge in [0.1, 0.15) is 8.07 Å². The summed E-state index contributed by atoms with van der Waals surface area (Å²) in [5, 5.41) is 2.75. The molecule has 1 aliphatic rings. The highest BCUT2D eigenvalue weighted by Crippen LogP contribution is 2.49. The van der Waals surface area contributed by atoms with Crippen molar-refractivity contribution in [1.82, 2.24) is 0 Å². The van der Waals surface area contributed by atoms with Gasteiger partial charge in [0.05, 0.1) is 11.2 Å². The molecule has 0 aromatic heterocycles. The van der Waals surface area contributed by atoms with E-state index >= 15 is 0 Å². The average molecular weight is 619 g/mol. The van der Waals surface area contributed by atoms with Gasteiger partial charge in [0.25, 0.3) is 0 Å². The van der Waals surface area contributed by atoms with E-state index in [1.807, 2.05) is 0 Å². The van der Waals surface area contributed by atoms with Crippen LogP contribution >= 0.6 is 0 Å². The van der Waals surface area contributed by atoms with Gasteiger partial charge in [-0.2, -0.15) is 0 Å². The molecular formula is C42H43BO2Si. The maximum absolute atomic E-state index is 6.93. The Kier molecular flexibility index (Phi) is 8.89. The molecule has 5 aromatic rings. The van der Waals surface area contributed by atoms with Crippen molar-refractivity contribution in [3.8, 4) is 0 Å². The molecule has 230 valence electrons. The molecule has 6 rings (SSSR count). The zero-order valence-corrected chi connectivity index (χ0v) is 28.8. The molecule has 5 aromatic carbocycles. The van der Waals surface area contributed by atoms with E-state index in [1.165, 1.54) is 27.1 Å². The molecule has 0 N–H and O–H groups in total. The van der Waals surface area contributed by atoms with Crippen molar-refractivity contribution >= 4 is 42.2 Å². The molecule has 1 fully saturated rings. The summed E-state index contributed by atoms with van der Waals surface area (Å²) in [7, 11) is -2.95. The summed E-state index contributed by atoms with van der Waals surface area (Å²) < 4.78 is 13.9. The third-order valence-corrected chi connectivity index (χ3v) is 13.2. The highest BCUT2D eigenvalue weighted by atomic mass is 28.3. The minimum atomic E-state index is -2.37. The van der Waals surface area contributed by atoms with Crippen molar-refractivity contribution in [2.24, 2.45) is 0 Å². The zero-order valence-electron chi connectivity index (χ0n) is 27.8. The van der Waals surface area contributed by atoms with Crippen molar-refractivity contribution in [2.75, 3.05) is 0 Å². The highest BCUT2D eigenvalue weighted by Gasteiger charge is 2.53. The Morgan fingerprint density at radius 2 is 0.804 bits per heavy atom. The minimum Gasteiger partial charge on any atom is -0.399 e. The topological polar surface area (TPSA) is 18.5 Å². The van der Waals surface area contributed by atoms with Crippen LogP contribution in [0.5, 0.6) is 0 Å². The van der Waals surface area contributed by atoms with Crippen LogP contribution < -0.4 is 5.19 Å². The van der Waals surface area contributed by atoms with Gasteiger partial charge in [-0.15, -0.1) is 0 Å². The van der Waals surface area contributed by atoms with Gasteiger partial charge in [0.15, 0.2) is 0 Å². The Morgan fingerprint density at radius 3 is 1.24 bits per heavy atom. The van der Waals surface area contributed by atoms with Crippen LogP contribution in [-0.4, -0.2) is 26.4 Å². The molecule has 1 heterocycles. The van der Waals surface area contributed by atoms with E-state index < -0.39 is 26.4 Å². The summed E-state index contributed by atoms with van der Waals surface area (Å²) >= 11 is 0. The average Bonchev–Trinajstić information content (AvgIpc) is 3.30. The number of hydrogen-bond acceptors (Lipinski definition) is 2. The minimum absolute atomic E-state index is 0.504. The van der Waals surface area contributed by atoms with Crippen LogP contribution in [0, 0.1) is 0 Å². The summed E-state index contributed by atoms with van der Waals surface area (Å²) in [5.74, 6) is 0. The summed E-state index contributed by atoms with van der Waals surface area (Å²) in [6, 6.07) is 54.4. The second-order valence-corrected chi connectivity index (χ2v) is 17.9. The first kappa shape index (κ1) is 31.8. The van der Waals surface area contributed by atoms with Gasteiger partial charge in [-0.05, 0) is 71.8 Å². The van der Waals surface area contributed by atoms with Crippen molar-refractivity contribution in [1.29, 1.82) is 0 Å². The largest absolute Gasteiger partial charge is 0.496 e. The quantitative estimate of drug-likeness (QED) is 0.0979. The fourth-order valence-corrected chi connectivity index (χ4v) is 9.55. The first-order valence-corrected chi connectivity index (χ1v) is 19.2. The van der Waals surface area contributed by atoms with Gasteiger partial charge >= 0.3 is 7.12 Å². The number of hydrogen-bond donors (Lipinski definition) is 0. The predicted molar refractivity (Wildman–Crippen MR) is 199 cm³/mol. The predicted octanol–water partition coefficient (Wildman–Crippen LogP) is 9.99. The summed E-state index contributed by atoms with van der Waals surface area (Å²) in [4.78, 5) is 0. The lowest BCUT2D eigenvalue weighted by molar-refractivity contribution is 0.00578. The molecule has 1 aliphatic heterocycles. The molecular weight excluding hydrogens is 575 g/mol. The maximum atomic E-state index is 6.93. The third-order valence-electron chi connectivity index (χ3n) is 9.65. The van der Waals surface area contributed by atoms with Crippen molar-refractivity contribution in [3.05, 3.63) is 174 Å². The van der Waals surface area contributed by atoms with Crippen molar-refractivity contribution < 1.29 is 9.31 Å². The fraction of sp³-hybridized carbons (Fsp3) is 0.190. The Morgan fingerprint density at radius 1 is 0.457 bits per heavy atom. The Hall–Kier alpha value is -4.22. The van der Waals surface area contributed by atoms with E-state index in [9.17, 15) is 0 Å². The molecule has 0 bridgehead atoms. The normalized spacial score (nSPS) is 16.9. The monoisotopic (exact) mass is 618 g/mol. The van der Waals surface area contributed by atoms with Crippen LogP contribution in [-0.2, 0) is 9.31 Å². The smallest absolute Gasteiger partial charge is 0.399 e. The molecule has 0 amide bonds. The Labute approximate surface area is 276 Å². The van der Waals surface area contributed by atoms with Crippen molar-refractivity contribution in [3.63, 3.8) is 0 Å². The zero-order chi connectivity index (χ0) is 32.4. The van der Waals surface area contributed by atoms with Gasteiger partial charge in [-0.1, -0.05) is 170 Å². The van der Waals surface area contributed by atoms with E-state index in [4.69, 9.17) is 9.31 Å². The SMILES string of the molecule is CC1(C)OB(/C(=C(\C(=C(\c2ccccc2)[Si](C)(C)c2ccccc2)c2ccccc2)c2ccccc2)c2ccccc2)OC1(C)C. The van der Waals surface area contributed by atoms with E-state index in [2.05, 4.69) is 192 Å². The van der Waals surface area contributed by atoms with Crippen LogP contribution in [0.2, 0.25) is 13.1 Å². The van der Waals surface area contributed by atoms with E-state index in [-0.39, 0.29) is 0 Å². The number of rotatable bonds is 8. The molecule has 0 atom stereocenters. The van der Waals surface area contributed by atoms with Gasteiger partial charge in [-0.25, -0.2) is 0 Å².